The molecule has 0 fully saturated rings. The lowest BCUT2D eigenvalue weighted by atomic mass is 9.94. The minimum atomic E-state index is -2.90. The Hall–Kier alpha value is -2.14. The molecule has 1 heterocycles. The summed E-state index contributed by atoms with van der Waals surface area (Å²) in [6.07, 6.45) is -0.926. The van der Waals surface area contributed by atoms with Crippen LogP contribution in [0.25, 0.3) is 0 Å². The van der Waals surface area contributed by atoms with Gasteiger partial charge in [-0.15, -0.1) is 0 Å². The van der Waals surface area contributed by atoms with Crippen LogP contribution in [0, 0.1) is 0 Å². The molecule has 0 saturated heterocycles. The number of hydrogen-bond acceptors (Lipinski definition) is 3. The highest BCUT2D eigenvalue weighted by Gasteiger charge is 2.29. The minimum Gasteiger partial charge on any atom is -0.485 e. The van der Waals surface area contributed by atoms with Gasteiger partial charge in [0.1, 0.15) is 17.6 Å². The number of hydrogen-bond donors (Lipinski definition) is 1. The summed E-state index contributed by atoms with van der Waals surface area (Å²) >= 11 is 0. The largest absolute Gasteiger partial charge is 0.485 e. The van der Waals surface area contributed by atoms with Gasteiger partial charge >= 0.3 is 6.61 Å². The van der Waals surface area contributed by atoms with Crippen molar-refractivity contribution in [2.45, 2.75) is 25.2 Å². The summed E-state index contributed by atoms with van der Waals surface area (Å²) in [7, 11) is 0. The summed E-state index contributed by atoms with van der Waals surface area (Å²) in [5, 5.41) is 10.2. The third-order valence-corrected chi connectivity index (χ3v) is 3.47. The molecule has 2 atom stereocenters. The van der Waals surface area contributed by atoms with E-state index in [9.17, 15) is 13.9 Å². The van der Waals surface area contributed by atoms with Crippen molar-refractivity contribution in [3.05, 3.63) is 59.7 Å². The molecule has 0 saturated carbocycles. The van der Waals surface area contributed by atoms with Gasteiger partial charge in [-0.3, -0.25) is 0 Å². The highest BCUT2D eigenvalue weighted by atomic mass is 19.3. The van der Waals surface area contributed by atoms with E-state index < -0.39 is 18.8 Å². The average Bonchev–Trinajstić information content (AvgIpc) is 2.47. The van der Waals surface area contributed by atoms with E-state index in [0.717, 1.165) is 0 Å². The van der Waals surface area contributed by atoms with Crippen LogP contribution in [0.4, 0.5) is 8.78 Å². The SMILES string of the molecule is OC1CC(c2ccccc2OC(F)F)Oc2ccccc21. The van der Waals surface area contributed by atoms with Crippen LogP contribution in [0.15, 0.2) is 48.5 Å². The van der Waals surface area contributed by atoms with Gasteiger partial charge in [-0.1, -0.05) is 36.4 Å². The van der Waals surface area contributed by atoms with Crippen LogP contribution in [0.5, 0.6) is 11.5 Å². The summed E-state index contributed by atoms with van der Waals surface area (Å²) in [6, 6.07) is 13.6. The topological polar surface area (TPSA) is 38.7 Å². The molecule has 1 aliphatic rings. The van der Waals surface area contributed by atoms with Crippen molar-refractivity contribution in [3.63, 3.8) is 0 Å². The molecular formula is C16H14F2O3. The molecule has 0 spiro atoms. The highest BCUT2D eigenvalue weighted by Crippen LogP contribution is 2.42. The second-order valence-electron chi connectivity index (χ2n) is 4.81. The number of rotatable bonds is 3. The van der Waals surface area contributed by atoms with Gasteiger partial charge in [0.2, 0.25) is 0 Å². The minimum absolute atomic E-state index is 0.0732. The van der Waals surface area contributed by atoms with Gasteiger partial charge in [0.25, 0.3) is 0 Å². The summed E-state index contributed by atoms with van der Waals surface area (Å²) in [5.74, 6) is 0.636. The van der Waals surface area contributed by atoms with Crippen molar-refractivity contribution in [2.24, 2.45) is 0 Å². The van der Waals surface area contributed by atoms with Crippen molar-refractivity contribution in [1.82, 2.24) is 0 Å². The van der Waals surface area contributed by atoms with Crippen LogP contribution in [-0.2, 0) is 0 Å². The molecule has 0 aliphatic carbocycles. The van der Waals surface area contributed by atoms with Gasteiger partial charge in [0.15, 0.2) is 0 Å². The van der Waals surface area contributed by atoms with E-state index in [-0.39, 0.29) is 5.75 Å². The molecule has 1 aliphatic heterocycles. The molecule has 1 N–H and O–H groups in total. The first kappa shape index (κ1) is 13.8. The summed E-state index contributed by atoms with van der Waals surface area (Å²) in [6.45, 7) is -2.90. The number of aliphatic hydroxyl groups is 1. The quantitative estimate of drug-likeness (QED) is 0.934. The average molecular weight is 292 g/mol. The summed E-state index contributed by atoms with van der Waals surface area (Å²) in [5.41, 5.74) is 1.22. The van der Waals surface area contributed by atoms with Gasteiger partial charge < -0.3 is 14.6 Å². The van der Waals surface area contributed by atoms with E-state index in [4.69, 9.17) is 4.74 Å². The zero-order valence-electron chi connectivity index (χ0n) is 11.1. The van der Waals surface area contributed by atoms with Crippen LogP contribution in [0.2, 0.25) is 0 Å². The number of alkyl halides is 2. The van der Waals surface area contributed by atoms with E-state index in [1.807, 2.05) is 6.07 Å². The number of aliphatic hydroxyl groups excluding tert-OH is 1. The maximum atomic E-state index is 12.5. The van der Waals surface area contributed by atoms with Crippen molar-refractivity contribution >= 4 is 0 Å². The molecule has 110 valence electrons. The maximum absolute atomic E-state index is 12.5. The fraction of sp³-hybridized carbons (Fsp3) is 0.250. The standard InChI is InChI=1S/C16H14F2O3/c17-16(18)21-14-8-4-2-6-11(14)15-9-12(19)10-5-1-3-7-13(10)20-15/h1-8,12,15-16,19H,9H2. The first-order chi connectivity index (χ1) is 10.1. The Morgan fingerprint density at radius 2 is 1.71 bits per heavy atom. The van der Waals surface area contributed by atoms with Crippen molar-refractivity contribution in [2.75, 3.05) is 0 Å². The number of fused-ring (bicyclic) bond motifs is 1. The molecule has 3 rings (SSSR count). The van der Waals surface area contributed by atoms with E-state index in [0.29, 0.717) is 23.3 Å². The molecule has 2 aromatic rings. The summed E-state index contributed by atoms with van der Waals surface area (Å²) < 4.78 is 35.3. The second kappa shape index (κ2) is 5.69. The Morgan fingerprint density at radius 1 is 1.05 bits per heavy atom. The van der Waals surface area contributed by atoms with Crippen molar-refractivity contribution in [3.8, 4) is 11.5 Å². The van der Waals surface area contributed by atoms with Crippen molar-refractivity contribution in [1.29, 1.82) is 0 Å². The van der Waals surface area contributed by atoms with Gasteiger partial charge in [0.05, 0.1) is 6.10 Å². The van der Waals surface area contributed by atoms with E-state index >= 15 is 0 Å². The van der Waals surface area contributed by atoms with Crippen LogP contribution in [0.3, 0.4) is 0 Å². The van der Waals surface area contributed by atoms with E-state index in [2.05, 4.69) is 4.74 Å². The lowest BCUT2D eigenvalue weighted by Gasteiger charge is -2.30. The lowest BCUT2D eigenvalue weighted by molar-refractivity contribution is -0.0519. The molecule has 0 aromatic heterocycles. The van der Waals surface area contributed by atoms with Crippen LogP contribution in [-0.4, -0.2) is 11.7 Å². The predicted molar refractivity (Wildman–Crippen MR) is 72.5 cm³/mol. The zero-order valence-corrected chi connectivity index (χ0v) is 11.1. The number of ether oxygens (including phenoxy) is 2. The number of halogens is 2. The second-order valence-corrected chi connectivity index (χ2v) is 4.81. The zero-order chi connectivity index (χ0) is 14.8. The normalized spacial score (nSPS) is 20.8. The first-order valence-electron chi connectivity index (χ1n) is 6.62. The first-order valence-corrected chi connectivity index (χ1v) is 6.62. The molecule has 3 nitrogen and oxygen atoms in total. The van der Waals surface area contributed by atoms with Crippen LogP contribution in [0.1, 0.15) is 29.8 Å². The van der Waals surface area contributed by atoms with Crippen LogP contribution < -0.4 is 9.47 Å². The Labute approximate surface area is 120 Å². The number of para-hydroxylation sites is 2. The Morgan fingerprint density at radius 3 is 2.48 bits per heavy atom. The van der Waals surface area contributed by atoms with E-state index in [1.165, 1.54) is 6.07 Å². The molecule has 0 bridgehead atoms. The third kappa shape index (κ3) is 2.83. The van der Waals surface area contributed by atoms with Gasteiger partial charge in [0, 0.05) is 17.5 Å². The molecule has 2 unspecified atom stereocenters. The number of benzene rings is 2. The Bertz CT molecular complexity index is 630. The highest BCUT2D eigenvalue weighted by molar-refractivity contribution is 5.41. The molecule has 5 heteroatoms. The predicted octanol–water partition coefficient (Wildman–Crippen LogP) is 3.85. The maximum Gasteiger partial charge on any atom is 0.387 e. The fourth-order valence-corrected chi connectivity index (χ4v) is 2.53. The third-order valence-electron chi connectivity index (χ3n) is 3.47. The Balaban J connectivity index is 1.93. The summed E-state index contributed by atoms with van der Waals surface area (Å²) in [4.78, 5) is 0. The van der Waals surface area contributed by atoms with Gasteiger partial charge in [-0.05, 0) is 12.1 Å². The van der Waals surface area contributed by atoms with Gasteiger partial charge in [-0.2, -0.15) is 8.78 Å². The van der Waals surface area contributed by atoms with Crippen molar-refractivity contribution < 1.29 is 23.4 Å². The molecule has 0 radical (unpaired) electrons. The molecule has 21 heavy (non-hydrogen) atoms. The smallest absolute Gasteiger partial charge is 0.387 e. The molecular weight excluding hydrogens is 278 g/mol. The fourth-order valence-electron chi connectivity index (χ4n) is 2.53. The van der Waals surface area contributed by atoms with E-state index in [1.54, 1.807) is 36.4 Å². The monoisotopic (exact) mass is 292 g/mol. The molecule has 0 amide bonds. The molecule has 2 aromatic carbocycles. The Kier molecular flexibility index (Phi) is 3.75. The van der Waals surface area contributed by atoms with Gasteiger partial charge in [-0.25, -0.2) is 0 Å². The van der Waals surface area contributed by atoms with Crippen LogP contribution >= 0.6 is 0 Å². The lowest BCUT2D eigenvalue weighted by Crippen LogP contribution is -2.20.